The van der Waals surface area contributed by atoms with Crippen LogP contribution in [-0.4, -0.2) is 6.10 Å². The van der Waals surface area contributed by atoms with Gasteiger partial charge in [0.1, 0.15) is 5.75 Å². The molecule has 2 saturated carbocycles. The third kappa shape index (κ3) is 3.78. The zero-order chi connectivity index (χ0) is 14.9. The van der Waals surface area contributed by atoms with Crippen molar-refractivity contribution in [2.75, 3.05) is 0 Å². The highest BCUT2D eigenvalue weighted by molar-refractivity contribution is 5.31. The molecule has 0 radical (unpaired) electrons. The van der Waals surface area contributed by atoms with E-state index < -0.39 is 0 Å². The predicted molar refractivity (Wildman–Crippen MR) is 85.9 cm³/mol. The lowest BCUT2D eigenvalue weighted by molar-refractivity contribution is 0.161. The monoisotopic (exact) mass is 288 g/mol. The van der Waals surface area contributed by atoms with E-state index in [9.17, 15) is 0 Å². The van der Waals surface area contributed by atoms with Crippen LogP contribution >= 0.6 is 0 Å². The Kier molecular flexibility index (Phi) is 4.23. The lowest BCUT2D eigenvalue weighted by Gasteiger charge is -2.38. The van der Waals surface area contributed by atoms with E-state index in [0.717, 1.165) is 5.75 Å². The minimum Gasteiger partial charge on any atom is -0.490 e. The van der Waals surface area contributed by atoms with Crippen LogP contribution in [0.25, 0.3) is 0 Å². The van der Waals surface area contributed by atoms with Crippen LogP contribution in [0.5, 0.6) is 5.75 Å². The van der Waals surface area contributed by atoms with Crippen LogP contribution in [0, 0.1) is 11.3 Å². The Morgan fingerprint density at radius 2 is 1.90 bits per heavy atom. The first-order valence-corrected chi connectivity index (χ1v) is 8.30. The molecule has 1 aromatic carbocycles. The second-order valence-electron chi connectivity index (χ2n) is 7.54. The van der Waals surface area contributed by atoms with Crippen molar-refractivity contribution in [3.05, 3.63) is 29.8 Å². The first kappa shape index (κ1) is 14.9. The van der Waals surface area contributed by atoms with Crippen LogP contribution in [-0.2, 0) is 0 Å². The molecule has 1 unspecified atom stereocenters. The topological polar surface area (TPSA) is 47.3 Å². The van der Waals surface area contributed by atoms with Gasteiger partial charge in [0, 0.05) is 6.04 Å². The minimum atomic E-state index is 0.240. The van der Waals surface area contributed by atoms with E-state index in [0.29, 0.717) is 17.4 Å². The number of nitrogens with one attached hydrogen (secondary N) is 1. The Hall–Kier alpha value is -1.06. The highest BCUT2D eigenvalue weighted by Crippen LogP contribution is 2.43. The smallest absolute Gasteiger partial charge is 0.120 e. The van der Waals surface area contributed by atoms with Gasteiger partial charge in [-0.15, -0.1) is 0 Å². The molecule has 0 aromatic heterocycles. The Morgan fingerprint density at radius 1 is 1.19 bits per heavy atom. The Morgan fingerprint density at radius 3 is 2.52 bits per heavy atom. The van der Waals surface area contributed by atoms with Crippen LogP contribution < -0.4 is 16.0 Å². The number of nitrogens with two attached hydrogens (primary N) is 1. The molecule has 0 heterocycles. The summed E-state index contributed by atoms with van der Waals surface area (Å²) in [6.45, 7) is 4.75. The third-order valence-electron chi connectivity index (χ3n) is 5.08. The van der Waals surface area contributed by atoms with Crippen molar-refractivity contribution < 1.29 is 4.74 Å². The van der Waals surface area contributed by atoms with E-state index in [1.807, 2.05) is 0 Å². The zero-order valence-corrected chi connectivity index (χ0v) is 13.3. The van der Waals surface area contributed by atoms with Gasteiger partial charge in [-0.25, -0.2) is 0 Å². The summed E-state index contributed by atoms with van der Waals surface area (Å²) < 4.78 is 5.91. The average Bonchev–Trinajstić information content (AvgIpc) is 3.26. The SMILES string of the molecule is CC1(C)CCC(C(NN)c2cccc(OC3CC3)c2)CC1. The Bertz CT molecular complexity index is 472. The number of hydrazine groups is 1. The fourth-order valence-corrected chi connectivity index (χ4v) is 3.42. The first-order chi connectivity index (χ1) is 10.1. The lowest BCUT2D eigenvalue weighted by Crippen LogP contribution is -2.36. The molecule has 3 nitrogen and oxygen atoms in total. The average molecular weight is 288 g/mol. The van der Waals surface area contributed by atoms with Crippen LogP contribution in [0.15, 0.2) is 24.3 Å². The van der Waals surface area contributed by atoms with E-state index in [2.05, 4.69) is 43.5 Å². The molecule has 0 aliphatic heterocycles. The Labute approximate surface area is 128 Å². The fraction of sp³-hybridized carbons (Fsp3) is 0.667. The van der Waals surface area contributed by atoms with Gasteiger partial charge in [0.05, 0.1) is 6.10 Å². The fourth-order valence-electron chi connectivity index (χ4n) is 3.42. The van der Waals surface area contributed by atoms with Crippen LogP contribution in [0.2, 0.25) is 0 Å². The molecule has 1 aromatic rings. The van der Waals surface area contributed by atoms with Gasteiger partial charge in [-0.05, 0) is 67.6 Å². The van der Waals surface area contributed by atoms with Crippen molar-refractivity contribution in [1.82, 2.24) is 5.43 Å². The van der Waals surface area contributed by atoms with Crippen molar-refractivity contribution in [3.63, 3.8) is 0 Å². The summed E-state index contributed by atoms with van der Waals surface area (Å²) in [6, 6.07) is 8.72. The van der Waals surface area contributed by atoms with E-state index in [1.54, 1.807) is 0 Å². The van der Waals surface area contributed by atoms with Gasteiger partial charge in [-0.1, -0.05) is 26.0 Å². The van der Waals surface area contributed by atoms with Crippen molar-refractivity contribution >= 4 is 0 Å². The largest absolute Gasteiger partial charge is 0.490 e. The molecule has 1 atom stereocenters. The van der Waals surface area contributed by atoms with Crippen molar-refractivity contribution in [2.45, 2.75) is 64.5 Å². The van der Waals surface area contributed by atoms with Crippen molar-refractivity contribution in [3.8, 4) is 5.75 Å². The Balaban J connectivity index is 1.70. The van der Waals surface area contributed by atoms with Gasteiger partial charge in [0.25, 0.3) is 0 Å². The van der Waals surface area contributed by atoms with E-state index in [4.69, 9.17) is 10.6 Å². The summed E-state index contributed by atoms with van der Waals surface area (Å²) in [5.74, 6) is 7.49. The van der Waals surface area contributed by atoms with Crippen LogP contribution in [0.1, 0.15) is 64.0 Å². The zero-order valence-electron chi connectivity index (χ0n) is 13.3. The molecule has 3 heteroatoms. The molecule has 0 bridgehead atoms. The van der Waals surface area contributed by atoms with Crippen LogP contribution in [0.4, 0.5) is 0 Å². The molecule has 3 rings (SSSR count). The second-order valence-corrected chi connectivity index (χ2v) is 7.54. The van der Waals surface area contributed by atoms with Crippen molar-refractivity contribution in [2.24, 2.45) is 17.2 Å². The second kappa shape index (κ2) is 5.98. The highest BCUT2D eigenvalue weighted by Gasteiger charge is 2.32. The molecule has 2 aliphatic carbocycles. The predicted octanol–water partition coefficient (Wildman–Crippen LogP) is 3.95. The molecule has 116 valence electrons. The number of hydrogen-bond acceptors (Lipinski definition) is 3. The number of hydrogen-bond donors (Lipinski definition) is 2. The first-order valence-electron chi connectivity index (χ1n) is 8.30. The summed E-state index contributed by atoms with van der Waals surface area (Å²) >= 11 is 0. The van der Waals surface area contributed by atoms with Gasteiger partial charge in [-0.2, -0.15) is 0 Å². The minimum absolute atomic E-state index is 0.240. The normalized spacial score (nSPS) is 23.8. The van der Waals surface area contributed by atoms with Gasteiger partial charge in [0.2, 0.25) is 0 Å². The molecule has 21 heavy (non-hydrogen) atoms. The van der Waals surface area contributed by atoms with Crippen LogP contribution in [0.3, 0.4) is 0 Å². The number of ether oxygens (including phenoxy) is 1. The number of rotatable bonds is 5. The molecule has 0 spiro atoms. The lowest BCUT2D eigenvalue weighted by atomic mass is 9.70. The summed E-state index contributed by atoms with van der Waals surface area (Å²) in [5.41, 5.74) is 4.81. The number of benzene rings is 1. The standard InChI is InChI=1S/C18H28N2O/c1-18(2)10-8-13(9-11-18)17(20-19)14-4-3-5-16(12-14)21-15-6-7-15/h3-5,12-13,15,17,20H,6-11,19H2,1-2H3. The van der Waals surface area contributed by atoms with Gasteiger partial charge in [0.15, 0.2) is 0 Å². The van der Waals surface area contributed by atoms with Gasteiger partial charge >= 0.3 is 0 Å². The summed E-state index contributed by atoms with van der Waals surface area (Å²) in [6.07, 6.45) is 7.90. The van der Waals surface area contributed by atoms with E-state index in [1.165, 1.54) is 44.1 Å². The maximum absolute atomic E-state index is 5.91. The molecule has 2 fully saturated rings. The molecule has 2 aliphatic rings. The quantitative estimate of drug-likeness (QED) is 0.637. The summed E-state index contributed by atoms with van der Waals surface area (Å²) in [4.78, 5) is 0. The van der Waals surface area contributed by atoms with E-state index >= 15 is 0 Å². The molecular weight excluding hydrogens is 260 g/mol. The maximum atomic E-state index is 5.91. The van der Waals surface area contributed by atoms with Gasteiger partial charge < -0.3 is 4.74 Å². The molecule has 0 saturated heterocycles. The summed E-state index contributed by atoms with van der Waals surface area (Å²) in [7, 11) is 0. The molecular formula is C18H28N2O. The maximum Gasteiger partial charge on any atom is 0.120 e. The summed E-state index contributed by atoms with van der Waals surface area (Å²) in [5, 5.41) is 0. The third-order valence-corrected chi connectivity index (χ3v) is 5.08. The molecule has 3 N–H and O–H groups in total. The van der Waals surface area contributed by atoms with Crippen molar-refractivity contribution in [1.29, 1.82) is 0 Å². The van der Waals surface area contributed by atoms with Gasteiger partial charge in [-0.3, -0.25) is 11.3 Å². The van der Waals surface area contributed by atoms with E-state index in [-0.39, 0.29) is 6.04 Å². The molecule has 0 amide bonds. The highest BCUT2D eigenvalue weighted by atomic mass is 16.5.